The van der Waals surface area contributed by atoms with E-state index < -0.39 is 0 Å². The van der Waals surface area contributed by atoms with Crippen molar-refractivity contribution in [2.24, 2.45) is 0 Å². The van der Waals surface area contributed by atoms with Crippen LogP contribution in [0.2, 0.25) is 0 Å². The van der Waals surface area contributed by atoms with Crippen molar-refractivity contribution in [3.8, 4) is 44.5 Å². The number of fused-ring (bicyclic) bond motifs is 8. The minimum Gasteiger partial charge on any atom is -0.0622 e. The first-order valence-electron chi connectivity index (χ1n) is 18.8. The summed E-state index contributed by atoms with van der Waals surface area (Å²) in [6.07, 6.45) is 0. The first-order chi connectivity index (χ1) is 26.8. The maximum atomic E-state index is 2.47. The van der Waals surface area contributed by atoms with Crippen molar-refractivity contribution < 1.29 is 0 Å². The van der Waals surface area contributed by atoms with Crippen LogP contribution in [-0.4, -0.2) is 0 Å². The van der Waals surface area contributed by atoms with Gasteiger partial charge in [0, 0.05) is 0 Å². The Balaban J connectivity index is 1.31. The van der Waals surface area contributed by atoms with Crippen LogP contribution in [0.1, 0.15) is 0 Å². The fraction of sp³-hybridized carbons (Fsp3) is 0. The van der Waals surface area contributed by atoms with Crippen LogP contribution in [0.5, 0.6) is 0 Å². The smallest absolute Gasteiger partial charge is 0.00141 e. The molecule has 0 radical (unpaired) electrons. The minimum absolute atomic E-state index is 1.22. The summed E-state index contributed by atoms with van der Waals surface area (Å²) in [4.78, 5) is 0. The monoisotopic (exact) mass is 682 g/mol. The summed E-state index contributed by atoms with van der Waals surface area (Å²) in [5, 5.41) is 15.2. The van der Waals surface area contributed by atoms with E-state index in [0.29, 0.717) is 0 Å². The van der Waals surface area contributed by atoms with Gasteiger partial charge in [0.25, 0.3) is 0 Å². The van der Waals surface area contributed by atoms with Gasteiger partial charge < -0.3 is 0 Å². The van der Waals surface area contributed by atoms with E-state index in [1.807, 2.05) is 0 Å². The molecule has 0 aliphatic heterocycles. The van der Waals surface area contributed by atoms with Crippen molar-refractivity contribution in [3.05, 3.63) is 206 Å². The Kier molecular flexibility index (Phi) is 6.97. The van der Waals surface area contributed by atoms with E-state index in [1.165, 1.54) is 109 Å². The molecule has 0 spiro atoms. The Morgan fingerprint density at radius 1 is 0.204 bits per heavy atom. The van der Waals surface area contributed by atoms with E-state index >= 15 is 0 Å². The van der Waals surface area contributed by atoms with E-state index in [-0.39, 0.29) is 0 Å². The van der Waals surface area contributed by atoms with Gasteiger partial charge in [0.15, 0.2) is 0 Å². The van der Waals surface area contributed by atoms with E-state index in [4.69, 9.17) is 0 Å². The van der Waals surface area contributed by atoms with E-state index in [2.05, 4.69) is 206 Å². The lowest BCUT2D eigenvalue weighted by atomic mass is 9.81. The fourth-order valence-electron chi connectivity index (χ4n) is 9.14. The third-order valence-electron chi connectivity index (χ3n) is 11.4. The highest BCUT2D eigenvalue weighted by Crippen LogP contribution is 2.50. The van der Waals surface area contributed by atoms with Crippen LogP contribution in [0.4, 0.5) is 0 Å². The Morgan fingerprint density at radius 3 is 1.33 bits per heavy atom. The number of rotatable bonds is 4. The molecule has 0 amide bonds. The molecule has 250 valence electrons. The summed E-state index contributed by atoms with van der Waals surface area (Å²) < 4.78 is 0. The van der Waals surface area contributed by atoms with Crippen molar-refractivity contribution in [2.45, 2.75) is 0 Å². The van der Waals surface area contributed by atoms with Gasteiger partial charge >= 0.3 is 0 Å². The Labute approximate surface area is 314 Å². The molecule has 11 aromatic carbocycles. The molecule has 0 aromatic heterocycles. The highest BCUT2D eigenvalue weighted by Gasteiger charge is 2.22. The first-order valence-corrected chi connectivity index (χ1v) is 18.8. The number of hydrogen-bond donors (Lipinski definition) is 0. The third kappa shape index (κ3) is 4.64. The fourth-order valence-corrected chi connectivity index (χ4v) is 9.14. The maximum absolute atomic E-state index is 2.47. The molecule has 0 atom stereocenters. The van der Waals surface area contributed by atoms with Gasteiger partial charge in [-0.05, 0) is 115 Å². The highest BCUT2D eigenvalue weighted by atomic mass is 14.2. The van der Waals surface area contributed by atoms with Crippen LogP contribution in [0.25, 0.3) is 109 Å². The average molecular weight is 683 g/mol. The number of benzene rings is 11. The van der Waals surface area contributed by atoms with Crippen molar-refractivity contribution >= 4 is 64.6 Å². The van der Waals surface area contributed by atoms with Gasteiger partial charge in [-0.2, -0.15) is 0 Å². The zero-order valence-corrected chi connectivity index (χ0v) is 29.6. The average Bonchev–Trinajstić information content (AvgIpc) is 3.25. The molecule has 0 saturated carbocycles. The highest BCUT2D eigenvalue weighted by molar-refractivity contribution is 6.30. The van der Waals surface area contributed by atoms with Crippen LogP contribution in [0.15, 0.2) is 206 Å². The summed E-state index contributed by atoms with van der Waals surface area (Å²) in [5.41, 5.74) is 10.1. The molecule has 0 aliphatic carbocycles. The summed E-state index contributed by atoms with van der Waals surface area (Å²) in [5.74, 6) is 0. The molecular weight excluding hydrogens is 649 g/mol. The maximum Gasteiger partial charge on any atom is -0.00141 e. The second-order valence-corrected chi connectivity index (χ2v) is 14.3. The van der Waals surface area contributed by atoms with E-state index in [1.54, 1.807) is 0 Å². The topological polar surface area (TPSA) is 0 Å². The number of hydrogen-bond acceptors (Lipinski definition) is 0. The predicted molar refractivity (Wildman–Crippen MR) is 233 cm³/mol. The standard InChI is InChI=1S/C54H34/c1-3-18-37(19-4-1)50-44-26-12-11-25-42(44)49-34-39(31-32-47(49)51(50)38-20-5-2-6-21-38)52-45-27-13-14-28-46(45)53(43-29-15-22-35-16-7-9-23-40(35)43)48-33-30-36-17-8-10-24-41(36)54(48)52/h1-34H. The molecule has 11 rings (SSSR count). The molecule has 0 bridgehead atoms. The lowest BCUT2D eigenvalue weighted by Gasteiger charge is -2.22. The summed E-state index contributed by atoms with van der Waals surface area (Å²) >= 11 is 0. The van der Waals surface area contributed by atoms with Crippen molar-refractivity contribution in [3.63, 3.8) is 0 Å². The second kappa shape index (κ2) is 12.3. The molecule has 0 heteroatoms. The third-order valence-corrected chi connectivity index (χ3v) is 11.4. The molecule has 11 aromatic rings. The normalized spacial score (nSPS) is 11.7. The van der Waals surface area contributed by atoms with Crippen molar-refractivity contribution in [1.82, 2.24) is 0 Å². The van der Waals surface area contributed by atoms with Crippen LogP contribution in [0, 0.1) is 0 Å². The van der Waals surface area contributed by atoms with E-state index in [0.717, 1.165) is 0 Å². The lowest BCUT2D eigenvalue weighted by molar-refractivity contribution is 1.62. The Bertz CT molecular complexity index is 3240. The second-order valence-electron chi connectivity index (χ2n) is 14.3. The van der Waals surface area contributed by atoms with Crippen molar-refractivity contribution in [2.75, 3.05) is 0 Å². The molecule has 0 N–H and O–H groups in total. The quantitative estimate of drug-likeness (QED) is 0.128. The van der Waals surface area contributed by atoms with E-state index in [9.17, 15) is 0 Å². The molecule has 0 fully saturated rings. The van der Waals surface area contributed by atoms with Crippen LogP contribution >= 0.6 is 0 Å². The summed E-state index contributed by atoms with van der Waals surface area (Å²) in [6, 6.07) is 76.1. The Hall–Kier alpha value is -7.02. The lowest BCUT2D eigenvalue weighted by Crippen LogP contribution is -1.94. The zero-order valence-electron chi connectivity index (χ0n) is 29.6. The van der Waals surface area contributed by atoms with Gasteiger partial charge in [0.05, 0.1) is 0 Å². The molecule has 0 aliphatic rings. The van der Waals surface area contributed by atoms with Crippen molar-refractivity contribution in [1.29, 1.82) is 0 Å². The SMILES string of the molecule is c1ccc(-c2c(-c3ccccc3)c3ccc(-c4c5ccccc5c(-c5cccc6ccccc56)c5ccc6ccccc6c45)cc3c3ccccc23)cc1. The van der Waals surface area contributed by atoms with Gasteiger partial charge in [-0.25, -0.2) is 0 Å². The predicted octanol–water partition coefficient (Wildman–Crippen LogP) is 15.3. The van der Waals surface area contributed by atoms with Crippen LogP contribution < -0.4 is 0 Å². The van der Waals surface area contributed by atoms with Gasteiger partial charge in [0.2, 0.25) is 0 Å². The van der Waals surface area contributed by atoms with Crippen LogP contribution in [-0.2, 0) is 0 Å². The largest absolute Gasteiger partial charge is 0.0622 e. The summed E-state index contributed by atoms with van der Waals surface area (Å²) in [7, 11) is 0. The van der Waals surface area contributed by atoms with Crippen LogP contribution in [0.3, 0.4) is 0 Å². The summed E-state index contributed by atoms with van der Waals surface area (Å²) in [6.45, 7) is 0. The first kappa shape index (κ1) is 30.6. The van der Waals surface area contributed by atoms with Gasteiger partial charge in [0.1, 0.15) is 0 Å². The molecule has 0 unspecified atom stereocenters. The molecule has 54 heavy (non-hydrogen) atoms. The molecular formula is C54H34. The molecule has 0 saturated heterocycles. The zero-order chi connectivity index (χ0) is 35.6. The Morgan fingerprint density at radius 2 is 0.667 bits per heavy atom. The molecule has 0 nitrogen and oxygen atoms in total. The van der Waals surface area contributed by atoms with Gasteiger partial charge in [-0.3, -0.25) is 0 Å². The van der Waals surface area contributed by atoms with Gasteiger partial charge in [-0.1, -0.05) is 200 Å². The molecule has 0 heterocycles. The minimum atomic E-state index is 1.22. The van der Waals surface area contributed by atoms with Gasteiger partial charge in [-0.15, -0.1) is 0 Å².